The summed E-state index contributed by atoms with van der Waals surface area (Å²) < 4.78 is 41.4. The third-order valence-corrected chi connectivity index (χ3v) is 11.2. The highest BCUT2D eigenvalue weighted by atomic mass is 31.2. The third-order valence-electron chi connectivity index (χ3n) is 6.32. The van der Waals surface area contributed by atoms with Gasteiger partial charge in [-0.2, -0.15) is 0 Å². The maximum atomic E-state index is 14.6. The van der Waals surface area contributed by atoms with Crippen LogP contribution in [0, 0.1) is 0 Å². The van der Waals surface area contributed by atoms with E-state index in [2.05, 4.69) is 0 Å². The Morgan fingerprint density at radius 1 is 0.649 bits per heavy atom. The molecule has 0 saturated carbocycles. The first kappa shape index (κ1) is 23.4. The summed E-state index contributed by atoms with van der Waals surface area (Å²) in [6.45, 7) is 0. The highest BCUT2D eigenvalue weighted by molar-refractivity contribution is 7.75. The summed E-state index contributed by atoms with van der Waals surface area (Å²) >= 11 is 0. The van der Waals surface area contributed by atoms with E-state index in [1.165, 1.54) is 18.2 Å². The summed E-state index contributed by atoms with van der Waals surface area (Å²) in [5.74, 6) is 0.479. The second kappa shape index (κ2) is 9.12. The van der Waals surface area contributed by atoms with Crippen LogP contribution in [0.4, 0.5) is 0 Å². The molecule has 5 aromatic rings. The zero-order valence-electron chi connectivity index (χ0n) is 19.6. The van der Waals surface area contributed by atoms with Gasteiger partial charge in [0.1, 0.15) is 17.2 Å². The lowest BCUT2D eigenvalue weighted by Crippen LogP contribution is -2.26. The Balaban J connectivity index is 1.49. The summed E-state index contributed by atoms with van der Waals surface area (Å²) in [6, 6.07) is 37.0. The molecule has 182 valence electrons. The third kappa shape index (κ3) is 3.97. The van der Waals surface area contributed by atoms with E-state index in [1.54, 1.807) is 66.7 Å². The van der Waals surface area contributed by atoms with Crippen LogP contribution < -0.4 is 30.3 Å². The van der Waals surface area contributed by atoms with Crippen molar-refractivity contribution in [3.8, 4) is 28.4 Å². The first-order chi connectivity index (χ1) is 18.0. The van der Waals surface area contributed by atoms with E-state index < -0.39 is 14.7 Å². The fraction of sp³-hybridized carbons (Fsp3) is 0. The number of benzene rings is 5. The largest absolute Gasteiger partial charge is 0.507 e. The van der Waals surface area contributed by atoms with E-state index in [0.717, 1.165) is 11.1 Å². The summed E-state index contributed by atoms with van der Waals surface area (Å²) in [5, 5.41) is 12.5. The summed E-state index contributed by atoms with van der Waals surface area (Å²) in [5.41, 5.74) is 1.60. The Labute approximate surface area is 214 Å². The Morgan fingerprint density at radius 3 is 1.89 bits per heavy atom. The lowest BCUT2D eigenvalue weighted by atomic mass is 10.0. The molecule has 0 amide bonds. The molecule has 1 N–H and O–H groups in total. The molecule has 0 spiro atoms. The van der Waals surface area contributed by atoms with Gasteiger partial charge in [0, 0.05) is 5.56 Å². The molecule has 5 aromatic carbocycles. The molecule has 6 rings (SSSR count). The zero-order valence-corrected chi connectivity index (χ0v) is 21.4. The lowest BCUT2D eigenvalue weighted by Gasteiger charge is -2.29. The van der Waals surface area contributed by atoms with Crippen LogP contribution in [0.15, 0.2) is 127 Å². The monoisotopic (exact) mass is 524 g/mol. The molecule has 0 fully saturated rings. The predicted molar refractivity (Wildman–Crippen MR) is 148 cm³/mol. The van der Waals surface area contributed by atoms with Gasteiger partial charge < -0.3 is 14.2 Å². The van der Waals surface area contributed by atoms with Gasteiger partial charge >= 0.3 is 14.7 Å². The van der Waals surface area contributed by atoms with Gasteiger partial charge in [0.25, 0.3) is 0 Å². The van der Waals surface area contributed by atoms with E-state index >= 15 is 0 Å². The molecule has 1 aliphatic rings. The number of fused-ring (bicyclic) bond motifs is 3. The smallest absolute Gasteiger partial charge is 0.311 e. The van der Waals surface area contributed by atoms with Crippen LogP contribution >= 0.6 is 14.7 Å². The number of phenols is 1. The van der Waals surface area contributed by atoms with E-state index in [9.17, 15) is 14.2 Å². The first-order valence-corrected chi connectivity index (χ1v) is 15.0. The van der Waals surface area contributed by atoms with Crippen LogP contribution in [0.3, 0.4) is 0 Å². The van der Waals surface area contributed by atoms with E-state index in [1.807, 2.05) is 42.5 Å². The van der Waals surface area contributed by atoms with Crippen molar-refractivity contribution in [2.75, 3.05) is 0 Å². The van der Waals surface area contributed by atoms with Crippen molar-refractivity contribution in [3.05, 3.63) is 127 Å². The van der Waals surface area contributed by atoms with Crippen LogP contribution in [0.5, 0.6) is 17.2 Å². The molecule has 7 heteroatoms. The number of hydrogen-bond donors (Lipinski definition) is 1. The average molecular weight is 524 g/mol. The Kier molecular flexibility index (Phi) is 5.76. The maximum absolute atomic E-state index is 14.6. The molecular formula is C30H22O5P2. The van der Waals surface area contributed by atoms with E-state index in [4.69, 9.17) is 9.05 Å². The Hall–Kier alpha value is -4.04. The first-order valence-electron chi connectivity index (χ1n) is 11.7. The topological polar surface area (TPSA) is 72.8 Å². The fourth-order valence-electron chi connectivity index (χ4n) is 4.54. The molecule has 1 heterocycles. The molecule has 1 atom stereocenters. The Morgan fingerprint density at radius 2 is 1.22 bits per heavy atom. The van der Waals surface area contributed by atoms with Crippen LogP contribution in [0.1, 0.15) is 0 Å². The SMILES string of the molecule is O=P(Oc1ccc(O)c(P2(=O)Oc3ccccc3-c3ccccc32)c1)(c1ccccc1)c1ccccc1. The van der Waals surface area contributed by atoms with Crippen molar-refractivity contribution >= 4 is 36.0 Å². The minimum Gasteiger partial charge on any atom is -0.507 e. The van der Waals surface area contributed by atoms with Gasteiger partial charge in [-0.05, 0) is 60.2 Å². The number of hydrogen-bond acceptors (Lipinski definition) is 5. The molecule has 0 bridgehead atoms. The van der Waals surface area contributed by atoms with Crippen molar-refractivity contribution in [1.82, 2.24) is 0 Å². The predicted octanol–water partition coefficient (Wildman–Crippen LogP) is 5.99. The highest BCUT2D eigenvalue weighted by Gasteiger charge is 2.40. The zero-order chi connectivity index (χ0) is 25.5. The minimum atomic E-state index is -3.78. The quantitative estimate of drug-likeness (QED) is 0.286. The molecule has 0 radical (unpaired) electrons. The van der Waals surface area contributed by atoms with Gasteiger partial charge in [-0.3, -0.25) is 9.13 Å². The van der Waals surface area contributed by atoms with Gasteiger partial charge in [0.2, 0.25) is 0 Å². The van der Waals surface area contributed by atoms with Crippen molar-refractivity contribution in [2.24, 2.45) is 0 Å². The van der Waals surface area contributed by atoms with Gasteiger partial charge in [0.05, 0.1) is 21.2 Å². The van der Waals surface area contributed by atoms with Gasteiger partial charge in [0.15, 0.2) is 0 Å². The van der Waals surface area contributed by atoms with Crippen LogP contribution in [0.25, 0.3) is 11.1 Å². The molecule has 5 nitrogen and oxygen atoms in total. The van der Waals surface area contributed by atoms with Crippen LogP contribution in [-0.2, 0) is 9.13 Å². The van der Waals surface area contributed by atoms with Gasteiger partial charge in [-0.15, -0.1) is 0 Å². The number of phenolic OH excluding ortho intramolecular Hbond substituents is 1. The number of rotatable bonds is 5. The second-order valence-electron chi connectivity index (χ2n) is 8.62. The van der Waals surface area contributed by atoms with Crippen molar-refractivity contribution in [2.45, 2.75) is 0 Å². The van der Waals surface area contributed by atoms with Crippen molar-refractivity contribution < 1.29 is 23.3 Å². The summed E-state index contributed by atoms with van der Waals surface area (Å²) in [6.07, 6.45) is 0. The minimum absolute atomic E-state index is 0.0830. The van der Waals surface area contributed by atoms with Gasteiger partial charge in [-0.25, -0.2) is 0 Å². The molecule has 0 aromatic heterocycles. The van der Waals surface area contributed by atoms with Crippen molar-refractivity contribution in [3.63, 3.8) is 0 Å². The van der Waals surface area contributed by atoms with Gasteiger partial charge in [-0.1, -0.05) is 72.8 Å². The standard InChI is InChI=1S/C30H22O5P2/c31-27-20-19-22(34-36(32,23-11-3-1-4-12-23)24-13-5-2-6-14-24)21-30(27)37(33)29-18-10-8-16-26(29)25-15-7-9-17-28(25)35-37/h1-21,31H. The molecular weight excluding hydrogens is 502 g/mol. The van der Waals surface area contributed by atoms with E-state index in [-0.39, 0.29) is 16.8 Å². The van der Waals surface area contributed by atoms with Crippen LogP contribution in [-0.4, -0.2) is 5.11 Å². The summed E-state index contributed by atoms with van der Waals surface area (Å²) in [7, 11) is -7.36. The molecule has 1 unspecified atom stereocenters. The van der Waals surface area contributed by atoms with Crippen molar-refractivity contribution in [1.29, 1.82) is 0 Å². The average Bonchev–Trinajstić information content (AvgIpc) is 2.95. The molecule has 1 aliphatic heterocycles. The Bertz CT molecular complexity index is 1660. The number of aromatic hydroxyl groups is 1. The van der Waals surface area contributed by atoms with E-state index in [0.29, 0.717) is 21.7 Å². The number of para-hydroxylation sites is 1. The molecule has 0 saturated heterocycles. The molecule has 0 aliphatic carbocycles. The summed E-state index contributed by atoms with van der Waals surface area (Å²) in [4.78, 5) is 0. The second-order valence-corrected chi connectivity index (χ2v) is 13.2. The molecule has 37 heavy (non-hydrogen) atoms. The normalized spacial score (nSPS) is 16.2. The fourth-order valence-corrected chi connectivity index (χ4v) is 8.95. The maximum Gasteiger partial charge on any atom is 0.311 e. The lowest BCUT2D eigenvalue weighted by molar-refractivity contribution is 0.469. The highest BCUT2D eigenvalue weighted by Crippen LogP contribution is 2.56. The van der Waals surface area contributed by atoms with Crippen LogP contribution in [0.2, 0.25) is 0 Å².